The van der Waals surface area contributed by atoms with E-state index in [1.807, 2.05) is 13.8 Å². The molecule has 5 unspecified atom stereocenters. The quantitative estimate of drug-likeness (QED) is 0.357. The number of rotatable bonds is 6. The molecule has 3 aliphatic rings. The Morgan fingerprint density at radius 1 is 1.09 bits per heavy atom. The first-order valence-corrected chi connectivity index (χ1v) is 13.1. The molecule has 3 amide bonds. The molecule has 3 fully saturated rings. The van der Waals surface area contributed by atoms with E-state index in [4.69, 9.17) is 5.21 Å². The van der Waals surface area contributed by atoms with E-state index in [0.717, 1.165) is 51.6 Å². The molecule has 8 heteroatoms. The third kappa shape index (κ3) is 7.41. The largest absolute Gasteiger partial charge is 0.356 e. The van der Waals surface area contributed by atoms with Crippen LogP contribution in [0.25, 0.3) is 0 Å². The molecule has 2 heterocycles. The van der Waals surface area contributed by atoms with Gasteiger partial charge in [-0.15, -0.1) is 0 Å². The van der Waals surface area contributed by atoms with E-state index in [0.29, 0.717) is 30.7 Å². The Morgan fingerprint density at radius 3 is 2.61 bits per heavy atom. The zero-order valence-corrected chi connectivity index (χ0v) is 20.5. The molecular formula is C25H44N4O4. The van der Waals surface area contributed by atoms with Crippen molar-refractivity contribution in [3.8, 4) is 0 Å². The van der Waals surface area contributed by atoms with E-state index in [1.54, 1.807) is 5.48 Å². The van der Waals surface area contributed by atoms with Crippen LogP contribution in [0.4, 0.5) is 0 Å². The average molecular weight is 465 g/mol. The lowest BCUT2D eigenvalue weighted by Crippen LogP contribution is -2.53. The molecule has 0 aromatic rings. The van der Waals surface area contributed by atoms with Gasteiger partial charge in [0.2, 0.25) is 17.7 Å². The first-order valence-electron chi connectivity index (χ1n) is 13.1. The predicted octanol–water partition coefficient (Wildman–Crippen LogP) is 2.95. The van der Waals surface area contributed by atoms with Crippen LogP contribution in [0.2, 0.25) is 0 Å². The van der Waals surface area contributed by atoms with Crippen molar-refractivity contribution in [1.29, 1.82) is 0 Å². The molecule has 4 N–H and O–H groups in total. The Balaban J connectivity index is 1.77. The van der Waals surface area contributed by atoms with E-state index >= 15 is 0 Å². The molecular weight excluding hydrogens is 420 g/mol. The van der Waals surface area contributed by atoms with Crippen LogP contribution in [-0.2, 0) is 14.4 Å². The Kier molecular flexibility index (Phi) is 9.98. The minimum Gasteiger partial charge on any atom is -0.356 e. The van der Waals surface area contributed by atoms with Crippen LogP contribution in [0.3, 0.4) is 0 Å². The monoisotopic (exact) mass is 464 g/mol. The van der Waals surface area contributed by atoms with Gasteiger partial charge >= 0.3 is 0 Å². The van der Waals surface area contributed by atoms with Crippen LogP contribution in [0.1, 0.15) is 90.9 Å². The topological polar surface area (TPSA) is 111 Å². The number of carbonyl (C=O) groups excluding carboxylic acids is 3. The van der Waals surface area contributed by atoms with Crippen molar-refractivity contribution < 1.29 is 19.6 Å². The van der Waals surface area contributed by atoms with Gasteiger partial charge < -0.3 is 10.6 Å². The summed E-state index contributed by atoms with van der Waals surface area (Å²) in [7, 11) is 0. The molecule has 1 aliphatic carbocycles. The molecule has 3 rings (SSSR count). The SMILES string of the molecule is CC(C)C[C@H](CC(=O)NO)C(=O)NC1CCCCCNC(=O)CCC2CN1C1CCCCC21. The van der Waals surface area contributed by atoms with Gasteiger partial charge in [0.05, 0.1) is 6.17 Å². The third-order valence-electron chi connectivity index (χ3n) is 7.87. The lowest BCUT2D eigenvalue weighted by molar-refractivity contribution is -0.136. The van der Waals surface area contributed by atoms with Gasteiger partial charge in [0, 0.05) is 37.9 Å². The molecule has 0 aromatic heterocycles. The zero-order valence-electron chi connectivity index (χ0n) is 20.5. The Hall–Kier alpha value is -1.67. The van der Waals surface area contributed by atoms with Gasteiger partial charge in [-0.25, -0.2) is 5.48 Å². The fourth-order valence-corrected chi connectivity index (χ4v) is 6.30. The Bertz CT molecular complexity index is 671. The minimum absolute atomic E-state index is 0.00427. The predicted molar refractivity (Wildman–Crippen MR) is 126 cm³/mol. The number of amides is 3. The molecule has 8 nitrogen and oxygen atoms in total. The van der Waals surface area contributed by atoms with E-state index in [2.05, 4.69) is 15.5 Å². The van der Waals surface area contributed by atoms with Crippen molar-refractivity contribution in [1.82, 2.24) is 21.0 Å². The number of nitrogens with zero attached hydrogens (tertiary/aromatic N) is 1. The number of nitrogens with one attached hydrogen (secondary N) is 3. The molecule has 2 saturated heterocycles. The number of hydrogen-bond donors (Lipinski definition) is 4. The second-order valence-electron chi connectivity index (χ2n) is 10.8. The zero-order chi connectivity index (χ0) is 23.8. The lowest BCUT2D eigenvalue weighted by atomic mass is 9.78. The minimum atomic E-state index is -0.517. The molecule has 0 spiro atoms. The first kappa shape index (κ1) is 25.9. The van der Waals surface area contributed by atoms with E-state index in [-0.39, 0.29) is 30.3 Å². The summed E-state index contributed by atoms with van der Waals surface area (Å²) in [6.07, 6.45) is 10.7. The van der Waals surface area contributed by atoms with Gasteiger partial charge in [-0.3, -0.25) is 24.5 Å². The van der Waals surface area contributed by atoms with Gasteiger partial charge in [0.1, 0.15) is 0 Å². The molecule has 2 bridgehead atoms. The summed E-state index contributed by atoms with van der Waals surface area (Å²) in [4.78, 5) is 40.0. The maximum absolute atomic E-state index is 13.4. The summed E-state index contributed by atoms with van der Waals surface area (Å²) < 4.78 is 0. The van der Waals surface area contributed by atoms with Crippen molar-refractivity contribution in [2.45, 2.75) is 103 Å². The van der Waals surface area contributed by atoms with Gasteiger partial charge in [0.15, 0.2) is 0 Å². The summed E-state index contributed by atoms with van der Waals surface area (Å²) in [5.41, 5.74) is 1.68. The van der Waals surface area contributed by atoms with Gasteiger partial charge in [-0.1, -0.05) is 33.1 Å². The van der Waals surface area contributed by atoms with Gasteiger partial charge in [0.25, 0.3) is 0 Å². The third-order valence-corrected chi connectivity index (χ3v) is 7.87. The van der Waals surface area contributed by atoms with Crippen molar-refractivity contribution in [3.05, 3.63) is 0 Å². The smallest absolute Gasteiger partial charge is 0.244 e. The summed E-state index contributed by atoms with van der Waals surface area (Å²) in [6, 6.07) is 0.462. The second kappa shape index (κ2) is 12.7. The van der Waals surface area contributed by atoms with Crippen molar-refractivity contribution in [2.24, 2.45) is 23.7 Å². The second-order valence-corrected chi connectivity index (χ2v) is 10.8. The van der Waals surface area contributed by atoms with Crippen LogP contribution in [0, 0.1) is 23.7 Å². The Labute approximate surface area is 198 Å². The maximum Gasteiger partial charge on any atom is 0.244 e. The van der Waals surface area contributed by atoms with Gasteiger partial charge in [-0.05, 0) is 62.7 Å². The molecule has 1 saturated carbocycles. The standard InChI is InChI=1S/C25H44N4O4/c1-17(2)14-19(15-24(31)28-33)25(32)27-22-10-4-3-7-13-26-23(30)12-11-18-16-29(22)21-9-6-5-8-20(18)21/h17-22,33H,3-16H2,1-2H3,(H,26,30)(H,27,32)(H,28,31)/t18?,19-,20?,21?,22?/m1/s1. The average Bonchev–Trinajstić information content (AvgIpc) is 3.16. The lowest BCUT2D eigenvalue weighted by Gasteiger charge is -2.38. The summed E-state index contributed by atoms with van der Waals surface area (Å²) in [6.45, 7) is 5.74. The highest BCUT2D eigenvalue weighted by atomic mass is 16.5. The fourth-order valence-electron chi connectivity index (χ4n) is 6.30. The van der Waals surface area contributed by atoms with Crippen LogP contribution in [0.5, 0.6) is 0 Å². The summed E-state index contributed by atoms with van der Waals surface area (Å²) in [5, 5.41) is 15.4. The van der Waals surface area contributed by atoms with E-state index in [9.17, 15) is 14.4 Å². The number of carbonyl (C=O) groups is 3. The highest BCUT2D eigenvalue weighted by Gasteiger charge is 2.45. The van der Waals surface area contributed by atoms with Crippen LogP contribution < -0.4 is 16.1 Å². The molecule has 2 aliphatic heterocycles. The molecule has 6 atom stereocenters. The van der Waals surface area contributed by atoms with E-state index in [1.165, 1.54) is 19.3 Å². The van der Waals surface area contributed by atoms with E-state index < -0.39 is 11.8 Å². The van der Waals surface area contributed by atoms with Crippen LogP contribution in [0.15, 0.2) is 0 Å². The molecule has 0 aromatic carbocycles. The Morgan fingerprint density at radius 2 is 1.85 bits per heavy atom. The highest BCUT2D eigenvalue weighted by Crippen LogP contribution is 2.43. The number of fused-ring (bicyclic) bond motifs is 5. The molecule has 188 valence electrons. The van der Waals surface area contributed by atoms with Crippen molar-refractivity contribution >= 4 is 17.7 Å². The van der Waals surface area contributed by atoms with Crippen LogP contribution >= 0.6 is 0 Å². The summed E-state index contributed by atoms with van der Waals surface area (Å²) in [5.74, 6) is 0.475. The number of hydroxylamine groups is 1. The van der Waals surface area contributed by atoms with Crippen LogP contribution in [-0.4, -0.2) is 53.1 Å². The molecule has 0 radical (unpaired) electrons. The first-order chi connectivity index (χ1) is 15.9. The fraction of sp³-hybridized carbons (Fsp3) is 0.880. The molecule has 33 heavy (non-hydrogen) atoms. The highest BCUT2D eigenvalue weighted by molar-refractivity contribution is 5.85. The van der Waals surface area contributed by atoms with Crippen molar-refractivity contribution in [2.75, 3.05) is 13.1 Å². The number of hydrogen-bond acceptors (Lipinski definition) is 5. The maximum atomic E-state index is 13.4. The van der Waals surface area contributed by atoms with Gasteiger partial charge in [-0.2, -0.15) is 0 Å². The summed E-state index contributed by atoms with van der Waals surface area (Å²) >= 11 is 0. The van der Waals surface area contributed by atoms with Crippen molar-refractivity contribution in [3.63, 3.8) is 0 Å². The normalized spacial score (nSPS) is 31.9.